The largest absolute Gasteiger partial charge is 0.367 e. The lowest BCUT2D eigenvalue weighted by molar-refractivity contribution is -0.125. The fourth-order valence-electron chi connectivity index (χ4n) is 1.09. The Kier molecular flexibility index (Phi) is 4.77. The van der Waals surface area contributed by atoms with Crippen LogP contribution in [0.4, 0.5) is 4.39 Å². The predicted molar refractivity (Wildman–Crippen MR) is 54.7 cm³/mol. The van der Waals surface area contributed by atoms with E-state index in [1.807, 2.05) is 6.92 Å². The van der Waals surface area contributed by atoms with Crippen LogP contribution in [-0.2, 0) is 16.1 Å². The summed E-state index contributed by atoms with van der Waals surface area (Å²) in [5.74, 6) is -0.415. The third kappa shape index (κ3) is 4.56. The minimum Gasteiger partial charge on any atom is -0.367 e. The Morgan fingerprint density at radius 2 is 2.07 bits per heavy atom. The van der Waals surface area contributed by atoms with E-state index < -0.39 is 0 Å². The van der Waals surface area contributed by atoms with Gasteiger partial charge in [0, 0.05) is 6.54 Å². The topological polar surface area (TPSA) is 38.3 Å². The number of amides is 1. The summed E-state index contributed by atoms with van der Waals surface area (Å²) in [5, 5.41) is 2.62. The highest BCUT2D eigenvalue weighted by atomic mass is 19.1. The van der Waals surface area contributed by atoms with E-state index in [0.29, 0.717) is 13.2 Å². The monoisotopic (exact) mass is 211 g/mol. The molecule has 82 valence electrons. The van der Waals surface area contributed by atoms with Gasteiger partial charge in [0.25, 0.3) is 0 Å². The van der Waals surface area contributed by atoms with Crippen LogP contribution in [0.5, 0.6) is 0 Å². The summed E-state index contributed by atoms with van der Waals surface area (Å²) in [7, 11) is 0. The Morgan fingerprint density at radius 3 is 2.67 bits per heavy atom. The van der Waals surface area contributed by atoms with Gasteiger partial charge in [-0.15, -0.1) is 0 Å². The van der Waals surface area contributed by atoms with Crippen molar-refractivity contribution in [2.24, 2.45) is 0 Å². The van der Waals surface area contributed by atoms with Crippen LogP contribution in [0, 0.1) is 5.82 Å². The first kappa shape index (κ1) is 11.7. The number of benzene rings is 1. The number of ether oxygens (including phenoxy) is 1. The predicted octanol–water partition coefficient (Wildman–Crippen LogP) is 1.48. The third-order valence-corrected chi connectivity index (χ3v) is 1.79. The highest BCUT2D eigenvalue weighted by Crippen LogP contribution is 2.03. The second-order valence-electron chi connectivity index (χ2n) is 3.07. The number of hydrogen-bond donors (Lipinski definition) is 1. The van der Waals surface area contributed by atoms with Crippen LogP contribution >= 0.6 is 0 Å². The second kappa shape index (κ2) is 6.14. The summed E-state index contributed by atoms with van der Waals surface area (Å²) in [4.78, 5) is 11.0. The maximum absolute atomic E-state index is 12.5. The van der Waals surface area contributed by atoms with E-state index in [-0.39, 0.29) is 18.3 Å². The average molecular weight is 211 g/mol. The maximum Gasteiger partial charge on any atom is 0.246 e. The molecule has 0 unspecified atom stereocenters. The van der Waals surface area contributed by atoms with E-state index in [1.54, 1.807) is 12.1 Å². The molecule has 0 fully saturated rings. The van der Waals surface area contributed by atoms with Gasteiger partial charge in [0.05, 0.1) is 6.61 Å². The minimum absolute atomic E-state index is 0.0330. The van der Waals surface area contributed by atoms with Gasteiger partial charge in [-0.2, -0.15) is 0 Å². The number of rotatable bonds is 5. The summed E-state index contributed by atoms with van der Waals surface area (Å²) in [6, 6.07) is 6.00. The van der Waals surface area contributed by atoms with Crippen molar-refractivity contribution in [1.29, 1.82) is 0 Å². The lowest BCUT2D eigenvalue weighted by atomic mass is 10.2. The normalized spacial score (nSPS) is 10.0. The quantitative estimate of drug-likeness (QED) is 0.801. The molecule has 15 heavy (non-hydrogen) atoms. The van der Waals surface area contributed by atoms with E-state index in [9.17, 15) is 9.18 Å². The molecule has 1 amide bonds. The average Bonchev–Trinajstić information content (AvgIpc) is 2.21. The van der Waals surface area contributed by atoms with Crippen LogP contribution in [0.15, 0.2) is 24.3 Å². The summed E-state index contributed by atoms with van der Waals surface area (Å²) >= 11 is 0. The first-order valence-corrected chi connectivity index (χ1v) is 4.81. The number of likely N-dealkylation sites (N-methyl/N-ethyl adjacent to an activating group) is 1. The first-order chi connectivity index (χ1) is 7.22. The molecule has 1 N–H and O–H groups in total. The molecule has 1 rings (SSSR count). The zero-order chi connectivity index (χ0) is 11.1. The van der Waals surface area contributed by atoms with Crippen molar-refractivity contribution in [3.8, 4) is 0 Å². The van der Waals surface area contributed by atoms with Crippen molar-refractivity contribution in [1.82, 2.24) is 5.32 Å². The van der Waals surface area contributed by atoms with Crippen molar-refractivity contribution in [2.45, 2.75) is 13.5 Å². The molecule has 0 aliphatic rings. The van der Waals surface area contributed by atoms with Crippen LogP contribution in [0.1, 0.15) is 12.5 Å². The molecule has 4 heteroatoms. The molecule has 0 radical (unpaired) electrons. The molecule has 0 saturated carbocycles. The second-order valence-corrected chi connectivity index (χ2v) is 3.07. The van der Waals surface area contributed by atoms with E-state index in [1.165, 1.54) is 12.1 Å². The fraction of sp³-hybridized carbons (Fsp3) is 0.364. The molecule has 0 aromatic heterocycles. The van der Waals surface area contributed by atoms with Crippen molar-refractivity contribution < 1.29 is 13.9 Å². The molecule has 1 aromatic rings. The van der Waals surface area contributed by atoms with Crippen LogP contribution in [0.2, 0.25) is 0 Å². The molecular weight excluding hydrogens is 197 g/mol. The van der Waals surface area contributed by atoms with Gasteiger partial charge in [-0.3, -0.25) is 4.79 Å². The molecule has 0 saturated heterocycles. The first-order valence-electron chi connectivity index (χ1n) is 4.81. The van der Waals surface area contributed by atoms with Gasteiger partial charge in [0.2, 0.25) is 5.91 Å². The number of carbonyl (C=O) groups is 1. The zero-order valence-corrected chi connectivity index (χ0v) is 8.63. The standard InChI is InChI=1S/C11H14FNO2/c1-2-13-11(14)8-15-7-9-3-5-10(12)6-4-9/h3-6H,2,7-8H2,1H3,(H,13,14). The Labute approximate surface area is 88.2 Å². The summed E-state index contributed by atoms with van der Waals surface area (Å²) < 4.78 is 17.7. The molecule has 3 nitrogen and oxygen atoms in total. The Morgan fingerprint density at radius 1 is 1.40 bits per heavy atom. The van der Waals surface area contributed by atoms with Gasteiger partial charge in [-0.05, 0) is 24.6 Å². The Bertz CT molecular complexity index is 311. The van der Waals surface area contributed by atoms with Gasteiger partial charge in [0.1, 0.15) is 12.4 Å². The van der Waals surface area contributed by atoms with Crippen LogP contribution in [0.25, 0.3) is 0 Å². The smallest absolute Gasteiger partial charge is 0.246 e. The van der Waals surface area contributed by atoms with Gasteiger partial charge >= 0.3 is 0 Å². The number of hydrogen-bond acceptors (Lipinski definition) is 2. The van der Waals surface area contributed by atoms with Gasteiger partial charge < -0.3 is 10.1 Å². The molecule has 0 atom stereocenters. The number of carbonyl (C=O) groups excluding carboxylic acids is 1. The van der Waals surface area contributed by atoms with Gasteiger partial charge in [-0.1, -0.05) is 12.1 Å². The minimum atomic E-state index is -0.275. The SMILES string of the molecule is CCNC(=O)COCc1ccc(F)cc1. The zero-order valence-electron chi connectivity index (χ0n) is 8.63. The maximum atomic E-state index is 12.5. The number of halogens is 1. The molecule has 0 spiro atoms. The van der Waals surface area contributed by atoms with Crippen molar-refractivity contribution >= 4 is 5.91 Å². The van der Waals surface area contributed by atoms with E-state index in [4.69, 9.17) is 4.74 Å². The van der Waals surface area contributed by atoms with E-state index >= 15 is 0 Å². The third-order valence-electron chi connectivity index (χ3n) is 1.79. The Hall–Kier alpha value is -1.42. The number of nitrogens with one attached hydrogen (secondary N) is 1. The van der Waals surface area contributed by atoms with Crippen molar-refractivity contribution in [3.63, 3.8) is 0 Å². The van der Waals surface area contributed by atoms with Crippen LogP contribution < -0.4 is 5.32 Å². The van der Waals surface area contributed by atoms with E-state index in [2.05, 4.69) is 5.32 Å². The molecule has 0 bridgehead atoms. The summed E-state index contributed by atoms with van der Waals surface area (Å²) in [6.07, 6.45) is 0. The highest BCUT2D eigenvalue weighted by Gasteiger charge is 1.99. The highest BCUT2D eigenvalue weighted by molar-refractivity contribution is 5.77. The van der Waals surface area contributed by atoms with Crippen molar-refractivity contribution in [2.75, 3.05) is 13.2 Å². The molecule has 0 aliphatic carbocycles. The summed E-state index contributed by atoms with van der Waals surface area (Å²) in [6.45, 7) is 2.79. The van der Waals surface area contributed by atoms with E-state index in [0.717, 1.165) is 5.56 Å². The fourth-order valence-corrected chi connectivity index (χ4v) is 1.09. The van der Waals surface area contributed by atoms with Gasteiger partial charge in [-0.25, -0.2) is 4.39 Å². The Balaban J connectivity index is 2.26. The lowest BCUT2D eigenvalue weighted by Crippen LogP contribution is -2.26. The molecule has 1 aromatic carbocycles. The van der Waals surface area contributed by atoms with Gasteiger partial charge in [0.15, 0.2) is 0 Å². The lowest BCUT2D eigenvalue weighted by Gasteiger charge is -2.04. The summed E-state index contributed by atoms with van der Waals surface area (Å²) in [5.41, 5.74) is 0.848. The molecular formula is C11H14FNO2. The van der Waals surface area contributed by atoms with Crippen LogP contribution in [-0.4, -0.2) is 19.1 Å². The molecule has 0 heterocycles. The van der Waals surface area contributed by atoms with Crippen LogP contribution in [0.3, 0.4) is 0 Å². The van der Waals surface area contributed by atoms with Crippen molar-refractivity contribution in [3.05, 3.63) is 35.6 Å². The molecule has 0 aliphatic heterocycles.